The van der Waals surface area contributed by atoms with Gasteiger partial charge in [0.25, 0.3) is 11.7 Å². The number of amides is 2. The van der Waals surface area contributed by atoms with Crippen molar-refractivity contribution in [1.29, 1.82) is 0 Å². The van der Waals surface area contributed by atoms with Crippen LogP contribution in [0.3, 0.4) is 0 Å². The number of piperidine rings is 1. The summed E-state index contributed by atoms with van der Waals surface area (Å²) in [6.45, 7) is 23.1. The number of nitrogens with zero attached hydrogens (tertiary/aromatic N) is 2. The second kappa shape index (κ2) is 34.0. The molecule has 87 heavy (non-hydrogen) atoms. The Morgan fingerprint density at radius 3 is 2.15 bits per heavy atom. The lowest BCUT2D eigenvalue weighted by Gasteiger charge is -2.42. The van der Waals surface area contributed by atoms with Gasteiger partial charge in [0.2, 0.25) is 5.79 Å². The van der Waals surface area contributed by atoms with Crippen LogP contribution in [0.2, 0.25) is 0 Å². The number of ether oxygens (including phenoxy) is 8. The fraction of sp³-hybridized carbons (Fsp3) is 0.758. The molecule has 1 saturated carbocycles. The number of hydrogen-bond donors (Lipinski definition) is 3. The highest BCUT2D eigenvalue weighted by Gasteiger charge is 2.53. The van der Waals surface area contributed by atoms with Crippen molar-refractivity contribution in [2.75, 3.05) is 35.0 Å². The van der Waals surface area contributed by atoms with Crippen molar-refractivity contribution in [1.82, 2.24) is 10.2 Å². The lowest BCUT2D eigenvalue weighted by atomic mass is 9.78. The second-order valence-electron chi connectivity index (χ2n) is 26.6. The van der Waals surface area contributed by atoms with Crippen LogP contribution in [0.5, 0.6) is 0 Å². The number of carbonyl (C=O) groups excluding carboxylic acids is 7. The molecule has 0 aromatic heterocycles. The monoisotopic (exact) mass is 1230 g/mol. The number of cyclic esters (lactones) is 1. The topological polar surface area (TPSA) is 271 Å². The molecule has 16 atom stereocenters. The van der Waals surface area contributed by atoms with E-state index in [2.05, 4.69) is 10.5 Å². The van der Waals surface area contributed by atoms with E-state index < -0.39 is 131 Å². The second-order valence-corrected chi connectivity index (χ2v) is 26.6. The molecule has 0 spiro atoms. The minimum absolute atomic E-state index is 0.00642. The molecule has 0 radical (unpaired) electrons. The molecule has 3 N–H and O–H groups in total. The van der Waals surface area contributed by atoms with Crippen molar-refractivity contribution in [3.05, 3.63) is 47.6 Å². The van der Waals surface area contributed by atoms with Crippen LogP contribution in [-0.2, 0) is 71.5 Å². The van der Waals surface area contributed by atoms with E-state index in [1.807, 2.05) is 65.0 Å². The van der Waals surface area contributed by atoms with Crippen molar-refractivity contribution in [3.63, 3.8) is 0 Å². The highest BCUT2D eigenvalue weighted by molar-refractivity contribution is 6.39. The number of nitrogens with one attached hydrogen (secondary N) is 1. The molecule has 3 aliphatic heterocycles. The summed E-state index contributed by atoms with van der Waals surface area (Å²) in [5, 5.41) is 30.9. The molecular formula is C66H105N3O18. The first-order valence-corrected chi connectivity index (χ1v) is 31.2. The van der Waals surface area contributed by atoms with Gasteiger partial charge >= 0.3 is 24.0 Å². The Bertz CT molecular complexity index is 2470. The SMILES string of the molecule is CO/N=C1\C[C@@H]([C@H](C)C[C@@H]2CC[C@@H](OC(=O)CC[C@H](NC(=O)OC(C)(C)C)C(=O)OC(C)(C)C)[C@H](OC)C2)OC(=O)[C@@H]2CCCCN2C(=O)C(=O)[C@]2(O)O[C@@H](CC[C@H]2C)C[C@H](OC)/C(C)=C/C=C/C=C\[C@@H](C)C[C@@H](C)C(=O)[C@H](OC)[C@H](O)/C(C)=C/[C@H]1C. The summed E-state index contributed by atoms with van der Waals surface area (Å²) in [7, 11) is 5.89. The zero-order chi connectivity index (χ0) is 65.1. The molecule has 0 aromatic carbocycles. The predicted octanol–water partition coefficient (Wildman–Crippen LogP) is 9.18. The number of aliphatic hydroxyl groups is 2. The summed E-state index contributed by atoms with van der Waals surface area (Å²) in [6.07, 6.45) is 9.37. The van der Waals surface area contributed by atoms with E-state index in [1.54, 1.807) is 68.6 Å². The lowest BCUT2D eigenvalue weighted by molar-refractivity contribution is -0.265. The molecule has 2 saturated heterocycles. The number of methoxy groups -OCH3 is 3. The number of rotatable bonds is 13. The van der Waals surface area contributed by atoms with Gasteiger partial charge in [0.15, 0.2) is 5.78 Å². The van der Waals surface area contributed by atoms with Crippen LogP contribution in [0.15, 0.2) is 52.8 Å². The van der Waals surface area contributed by atoms with Crippen molar-refractivity contribution < 1.29 is 86.5 Å². The number of oxime groups is 1. The Labute approximate surface area is 517 Å². The number of allylic oxidation sites excluding steroid dienone is 6. The van der Waals surface area contributed by atoms with Crippen LogP contribution < -0.4 is 5.32 Å². The molecule has 0 aromatic rings. The number of ketones is 2. The van der Waals surface area contributed by atoms with Gasteiger partial charge in [0, 0.05) is 64.9 Å². The van der Waals surface area contributed by atoms with Crippen LogP contribution >= 0.6 is 0 Å². The van der Waals surface area contributed by atoms with E-state index in [-0.39, 0.29) is 56.3 Å². The van der Waals surface area contributed by atoms with Gasteiger partial charge in [-0.1, -0.05) is 76.2 Å². The largest absolute Gasteiger partial charge is 0.460 e. The molecule has 21 nitrogen and oxygen atoms in total. The highest BCUT2D eigenvalue weighted by Crippen LogP contribution is 2.38. The maximum absolute atomic E-state index is 14.9. The number of alkyl carbamates (subject to hydrolysis) is 1. The summed E-state index contributed by atoms with van der Waals surface area (Å²) in [5.41, 5.74) is 0.0338. The van der Waals surface area contributed by atoms with Crippen molar-refractivity contribution in [2.45, 2.75) is 252 Å². The minimum Gasteiger partial charge on any atom is -0.460 e. The lowest BCUT2D eigenvalue weighted by Crippen LogP contribution is -2.61. The van der Waals surface area contributed by atoms with E-state index in [0.29, 0.717) is 69.1 Å². The van der Waals surface area contributed by atoms with Gasteiger partial charge in [-0.2, -0.15) is 0 Å². The summed E-state index contributed by atoms with van der Waals surface area (Å²) in [6, 6.07) is -2.38. The molecule has 4 rings (SSSR count). The first-order valence-electron chi connectivity index (χ1n) is 31.2. The molecule has 4 aliphatic rings. The maximum atomic E-state index is 14.9. The van der Waals surface area contributed by atoms with Crippen molar-refractivity contribution in [2.24, 2.45) is 40.7 Å². The average molecular weight is 1230 g/mol. The van der Waals surface area contributed by atoms with Crippen molar-refractivity contribution in [3.8, 4) is 0 Å². The molecule has 1 aliphatic carbocycles. The van der Waals surface area contributed by atoms with Crippen LogP contribution in [-0.4, -0.2) is 169 Å². The molecular weight excluding hydrogens is 1120 g/mol. The fourth-order valence-electron chi connectivity index (χ4n) is 12.0. The van der Waals surface area contributed by atoms with Crippen molar-refractivity contribution >= 4 is 47.2 Å². The Kier molecular flexibility index (Phi) is 29.0. The normalized spacial score (nSPS) is 34.1. The Balaban J connectivity index is 1.67. The summed E-state index contributed by atoms with van der Waals surface area (Å²) in [4.78, 5) is 104. The van der Waals surface area contributed by atoms with Gasteiger partial charge in [-0.05, 0) is 155 Å². The van der Waals surface area contributed by atoms with Gasteiger partial charge < -0.3 is 63.2 Å². The first-order chi connectivity index (χ1) is 40.7. The number of carbonyl (C=O) groups is 7. The highest BCUT2D eigenvalue weighted by atomic mass is 16.6. The van der Waals surface area contributed by atoms with E-state index in [0.717, 1.165) is 5.57 Å². The van der Waals surface area contributed by atoms with Gasteiger partial charge in [0.1, 0.15) is 54.8 Å². The number of fused-ring (bicyclic) bond motifs is 3. The fourth-order valence-corrected chi connectivity index (χ4v) is 12.0. The molecule has 3 fully saturated rings. The van der Waals surface area contributed by atoms with E-state index in [1.165, 1.54) is 26.2 Å². The number of esters is 3. The minimum atomic E-state index is -2.48. The van der Waals surface area contributed by atoms with E-state index in [4.69, 9.17) is 42.7 Å². The van der Waals surface area contributed by atoms with Crippen LogP contribution in [0.25, 0.3) is 0 Å². The molecule has 2 amide bonds. The van der Waals surface area contributed by atoms with Crippen LogP contribution in [0.1, 0.15) is 180 Å². The van der Waals surface area contributed by atoms with Gasteiger partial charge in [-0.25, -0.2) is 14.4 Å². The third-order valence-corrected chi connectivity index (χ3v) is 17.0. The number of hydrogen-bond acceptors (Lipinski definition) is 19. The summed E-state index contributed by atoms with van der Waals surface area (Å²) >= 11 is 0. The summed E-state index contributed by atoms with van der Waals surface area (Å²) in [5.74, 6) is -9.21. The quantitative estimate of drug-likeness (QED) is 0.0510. The summed E-state index contributed by atoms with van der Waals surface area (Å²) < 4.78 is 47.2. The predicted molar refractivity (Wildman–Crippen MR) is 327 cm³/mol. The number of aliphatic hydroxyl groups excluding tert-OH is 1. The average Bonchev–Trinajstić information content (AvgIpc) is 1.24. The van der Waals surface area contributed by atoms with Gasteiger partial charge in [0.05, 0.1) is 24.0 Å². The van der Waals surface area contributed by atoms with Crippen LogP contribution in [0, 0.1) is 35.5 Å². The Morgan fingerprint density at radius 1 is 0.828 bits per heavy atom. The Morgan fingerprint density at radius 2 is 1.52 bits per heavy atom. The van der Waals surface area contributed by atoms with Gasteiger partial charge in [-0.15, -0.1) is 0 Å². The third kappa shape index (κ3) is 22.6. The zero-order valence-electron chi connectivity index (χ0n) is 55.1. The van der Waals surface area contributed by atoms with E-state index in [9.17, 15) is 43.8 Å². The van der Waals surface area contributed by atoms with Gasteiger partial charge in [-0.3, -0.25) is 19.2 Å². The first kappa shape index (κ1) is 74.1. The molecule has 0 unspecified atom stereocenters. The molecule has 3 heterocycles. The van der Waals surface area contributed by atoms with Crippen LogP contribution in [0.4, 0.5) is 4.79 Å². The number of Topliss-reactive ketones (excluding diaryl/α,β-unsaturated/α-hetero) is 2. The smallest absolute Gasteiger partial charge is 0.408 e. The Hall–Kier alpha value is -5.32. The standard InChI is InChI=1S/C66H105N3O18/c1-39-23-19-18-20-24-40(2)52(79-14)37-47-28-26-45(7)66(78,85-47)59(73)60(74)69-32-22-21-25-50(69)62(76)84-53(38-49(68-82-17)41(3)34-44(6)57(72)58(81-16)56(71)43(5)33-39)42(4)35-46-27-30-51(54(36-46)80-15)83-55(70)31-29-48(61(75)86-64(8,9)10)67-63(77)87-65(11,12)13/h18-20,23-24,34,39,41-43,45-48,50-54,57-58,72,78H,21-22,25-33,35-38H2,1-17H3,(H,67,77)/b20-18+,23-19-,40-24+,44-34+,68-49+/t39-,41-,42-,43-,45-,46+,47+,48+,50+,51-,52+,53+,54-,57-,58+,66-/m1/s1. The zero-order valence-corrected chi connectivity index (χ0v) is 55.1. The third-order valence-electron chi connectivity index (χ3n) is 17.0. The maximum Gasteiger partial charge on any atom is 0.408 e. The molecule has 21 heteroatoms. The molecule has 2 bridgehead atoms. The molecule has 492 valence electrons. The van der Waals surface area contributed by atoms with E-state index >= 15 is 0 Å².